The number of alkyl halides is 3. The van der Waals surface area contributed by atoms with Crippen LogP contribution in [0.1, 0.15) is 50.3 Å². The molecule has 1 aromatic rings. The fraction of sp³-hybridized carbons (Fsp3) is 0.706. The Labute approximate surface area is 134 Å². The molecule has 3 rings (SSSR count). The molecule has 1 saturated carbocycles. The van der Waals surface area contributed by atoms with E-state index in [0.29, 0.717) is 11.6 Å². The summed E-state index contributed by atoms with van der Waals surface area (Å²) in [7, 11) is 0. The van der Waals surface area contributed by atoms with Gasteiger partial charge in [-0.15, -0.1) is 0 Å². The molecular weight excluding hydrogens is 305 g/mol. The maximum atomic E-state index is 12.7. The molecule has 2 aliphatic carbocycles. The molecule has 1 heterocycles. The molecule has 1 fully saturated rings. The van der Waals surface area contributed by atoms with Gasteiger partial charge in [-0.1, -0.05) is 12.5 Å². The summed E-state index contributed by atoms with van der Waals surface area (Å²) in [6.07, 6.45) is 4.93. The van der Waals surface area contributed by atoms with E-state index in [2.05, 4.69) is 12.0 Å². The second kappa shape index (κ2) is 5.96. The van der Waals surface area contributed by atoms with Crippen LogP contribution in [0.4, 0.5) is 13.2 Å². The van der Waals surface area contributed by atoms with Crippen molar-refractivity contribution in [3.63, 3.8) is 0 Å². The minimum Gasteiger partial charge on any atom is -0.396 e. The third-order valence-corrected chi connectivity index (χ3v) is 5.50. The summed E-state index contributed by atoms with van der Waals surface area (Å²) < 4.78 is 39.2. The molecule has 1 N–H and O–H groups in total. The van der Waals surface area contributed by atoms with Crippen molar-refractivity contribution in [1.82, 2.24) is 9.78 Å². The van der Waals surface area contributed by atoms with Crippen molar-refractivity contribution in [3.05, 3.63) is 23.0 Å². The first-order valence-electron chi connectivity index (χ1n) is 8.27. The van der Waals surface area contributed by atoms with Crippen LogP contribution in [0.3, 0.4) is 0 Å². The van der Waals surface area contributed by atoms with Gasteiger partial charge in [0.15, 0.2) is 0 Å². The largest absolute Gasteiger partial charge is 0.408 e. The zero-order valence-electron chi connectivity index (χ0n) is 13.4. The van der Waals surface area contributed by atoms with Crippen LogP contribution in [0.2, 0.25) is 0 Å². The van der Waals surface area contributed by atoms with E-state index in [1.165, 1.54) is 5.57 Å². The number of rotatable bonds is 4. The molecule has 0 aliphatic heterocycles. The van der Waals surface area contributed by atoms with Gasteiger partial charge in [0.1, 0.15) is 6.54 Å². The van der Waals surface area contributed by atoms with Gasteiger partial charge in [-0.2, -0.15) is 18.3 Å². The molecule has 128 valence electrons. The van der Waals surface area contributed by atoms with Gasteiger partial charge in [0.2, 0.25) is 0 Å². The molecule has 0 aromatic carbocycles. The van der Waals surface area contributed by atoms with Gasteiger partial charge in [-0.25, -0.2) is 0 Å². The lowest BCUT2D eigenvalue weighted by atomic mass is 9.59. The number of aliphatic hydroxyl groups excluding tert-OH is 1. The Balaban J connectivity index is 1.90. The lowest BCUT2D eigenvalue weighted by Gasteiger charge is -2.46. The molecular formula is C17H23F3N2O. The van der Waals surface area contributed by atoms with Crippen LogP contribution >= 0.6 is 0 Å². The van der Waals surface area contributed by atoms with Gasteiger partial charge >= 0.3 is 6.18 Å². The predicted molar refractivity (Wildman–Crippen MR) is 81.7 cm³/mol. The molecule has 0 saturated heterocycles. The maximum absolute atomic E-state index is 12.7. The fourth-order valence-corrected chi connectivity index (χ4v) is 4.29. The number of nitrogens with zero attached hydrogens (tertiary/aromatic N) is 2. The van der Waals surface area contributed by atoms with Crippen LogP contribution < -0.4 is 0 Å². The Kier molecular flexibility index (Phi) is 4.29. The third kappa shape index (κ3) is 3.18. The standard InChI is InChI=1S/C17H23F3N2O/c1-16-9-12-10-21-22(11-17(18,19)20)15(12)8-14(16)5-2-4-13(16)6-3-7-23/h8,10,13,23H,2-7,9,11H2,1H3. The lowest BCUT2D eigenvalue weighted by molar-refractivity contribution is -0.142. The van der Waals surface area contributed by atoms with Crippen molar-refractivity contribution in [2.75, 3.05) is 6.61 Å². The second-order valence-electron chi connectivity index (χ2n) is 7.05. The van der Waals surface area contributed by atoms with Gasteiger partial charge in [0, 0.05) is 6.61 Å². The van der Waals surface area contributed by atoms with E-state index < -0.39 is 12.7 Å². The van der Waals surface area contributed by atoms with E-state index in [9.17, 15) is 13.2 Å². The van der Waals surface area contributed by atoms with E-state index in [-0.39, 0.29) is 12.0 Å². The Bertz CT molecular complexity index is 605. The average Bonchev–Trinajstić information content (AvgIpc) is 2.82. The minimum atomic E-state index is -4.25. The van der Waals surface area contributed by atoms with Crippen LogP contribution in [0.25, 0.3) is 6.08 Å². The van der Waals surface area contributed by atoms with Crippen LogP contribution in [-0.2, 0) is 13.0 Å². The molecule has 0 spiro atoms. The summed E-state index contributed by atoms with van der Waals surface area (Å²) in [5.41, 5.74) is 2.78. The van der Waals surface area contributed by atoms with E-state index >= 15 is 0 Å². The van der Waals surface area contributed by atoms with Gasteiger partial charge in [0.25, 0.3) is 0 Å². The van der Waals surface area contributed by atoms with Crippen LogP contribution in [-0.4, -0.2) is 27.7 Å². The summed E-state index contributed by atoms with van der Waals surface area (Å²) >= 11 is 0. The summed E-state index contributed by atoms with van der Waals surface area (Å²) in [6, 6.07) is 0. The van der Waals surface area contributed by atoms with Crippen molar-refractivity contribution in [1.29, 1.82) is 0 Å². The summed E-state index contributed by atoms with van der Waals surface area (Å²) in [5.74, 6) is 0.480. The Morgan fingerprint density at radius 1 is 1.43 bits per heavy atom. The topological polar surface area (TPSA) is 38.0 Å². The van der Waals surface area contributed by atoms with Gasteiger partial charge in [0.05, 0.1) is 11.9 Å². The number of allylic oxidation sites excluding steroid dienone is 1. The van der Waals surface area contributed by atoms with Crippen LogP contribution in [0.5, 0.6) is 0 Å². The number of aromatic nitrogens is 2. The Morgan fingerprint density at radius 3 is 2.91 bits per heavy atom. The minimum absolute atomic E-state index is 0.00742. The summed E-state index contributed by atoms with van der Waals surface area (Å²) in [4.78, 5) is 0. The highest BCUT2D eigenvalue weighted by molar-refractivity contribution is 5.59. The number of fused-ring (bicyclic) bond motifs is 2. The molecule has 23 heavy (non-hydrogen) atoms. The van der Waals surface area contributed by atoms with Crippen LogP contribution in [0.15, 0.2) is 11.8 Å². The second-order valence-corrected chi connectivity index (χ2v) is 7.05. The normalized spacial score (nSPS) is 27.3. The van der Waals surface area contributed by atoms with Gasteiger partial charge in [-0.05, 0) is 61.5 Å². The monoisotopic (exact) mass is 328 g/mol. The van der Waals surface area contributed by atoms with Gasteiger partial charge < -0.3 is 5.11 Å². The number of halogens is 3. The van der Waals surface area contributed by atoms with E-state index in [0.717, 1.165) is 48.8 Å². The Hall–Kier alpha value is -1.30. The van der Waals surface area contributed by atoms with Crippen molar-refractivity contribution < 1.29 is 18.3 Å². The highest BCUT2D eigenvalue weighted by Gasteiger charge is 2.43. The zero-order chi connectivity index (χ0) is 16.7. The van der Waals surface area contributed by atoms with Crippen molar-refractivity contribution in [3.8, 4) is 0 Å². The SMILES string of the molecule is CC12Cc3cnn(CC(F)(F)F)c3C=C1CCCC2CCCO. The number of hydrogen-bond donors (Lipinski definition) is 1. The molecule has 0 radical (unpaired) electrons. The molecule has 2 atom stereocenters. The molecule has 1 aromatic heterocycles. The zero-order valence-corrected chi connectivity index (χ0v) is 13.4. The van der Waals surface area contributed by atoms with Crippen molar-refractivity contribution >= 4 is 6.08 Å². The molecule has 2 aliphatic rings. The molecule has 2 unspecified atom stereocenters. The first kappa shape index (κ1) is 16.6. The third-order valence-electron chi connectivity index (χ3n) is 5.50. The van der Waals surface area contributed by atoms with E-state index in [4.69, 9.17) is 5.11 Å². The number of hydrogen-bond acceptors (Lipinski definition) is 2. The lowest BCUT2D eigenvalue weighted by Crippen LogP contribution is -2.37. The maximum Gasteiger partial charge on any atom is 0.408 e. The van der Waals surface area contributed by atoms with E-state index in [1.54, 1.807) is 6.20 Å². The first-order valence-corrected chi connectivity index (χ1v) is 8.27. The van der Waals surface area contributed by atoms with E-state index in [1.807, 2.05) is 6.08 Å². The first-order chi connectivity index (χ1) is 10.8. The fourth-order valence-electron chi connectivity index (χ4n) is 4.29. The summed E-state index contributed by atoms with van der Waals surface area (Å²) in [5, 5.41) is 13.1. The highest BCUT2D eigenvalue weighted by Crippen LogP contribution is 2.52. The molecule has 0 amide bonds. The average molecular weight is 328 g/mol. The van der Waals surface area contributed by atoms with Crippen molar-refractivity contribution in [2.24, 2.45) is 11.3 Å². The molecule has 3 nitrogen and oxygen atoms in total. The molecule has 0 bridgehead atoms. The highest BCUT2D eigenvalue weighted by atomic mass is 19.4. The Morgan fingerprint density at radius 2 is 2.22 bits per heavy atom. The quantitative estimate of drug-likeness (QED) is 0.908. The van der Waals surface area contributed by atoms with Gasteiger partial charge in [-0.3, -0.25) is 4.68 Å². The molecule has 6 heteroatoms. The van der Waals surface area contributed by atoms with Crippen molar-refractivity contribution in [2.45, 2.75) is 58.2 Å². The summed E-state index contributed by atoms with van der Waals surface area (Å²) in [6.45, 7) is 1.39. The number of aliphatic hydroxyl groups is 1. The predicted octanol–water partition coefficient (Wildman–Crippen LogP) is 3.96. The smallest absolute Gasteiger partial charge is 0.396 e. The van der Waals surface area contributed by atoms with Crippen LogP contribution in [0, 0.1) is 11.3 Å².